The third-order valence-electron chi connectivity index (χ3n) is 3.89. The van der Waals surface area contributed by atoms with Crippen molar-refractivity contribution in [2.75, 3.05) is 14.2 Å². The Morgan fingerprint density at radius 2 is 1.83 bits per heavy atom. The normalized spacial score (nSPS) is 14.9. The zero-order valence-electron chi connectivity index (χ0n) is 12.8. The third-order valence-corrected chi connectivity index (χ3v) is 3.89. The minimum atomic E-state index is -0.221. The van der Waals surface area contributed by atoms with Gasteiger partial charge < -0.3 is 19.7 Å². The van der Waals surface area contributed by atoms with E-state index in [9.17, 15) is 15.0 Å². The Bertz CT molecular complexity index is 820. The molecule has 0 unspecified atom stereocenters. The van der Waals surface area contributed by atoms with Crippen LogP contribution in [0.15, 0.2) is 35.9 Å². The molecule has 0 aromatic heterocycles. The molecule has 0 heterocycles. The Morgan fingerprint density at radius 1 is 1.04 bits per heavy atom. The van der Waals surface area contributed by atoms with E-state index in [1.54, 1.807) is 38.5 Å². The van der Waals surface area contributed by atoms with Gasteiger partial charge in [-0.2, -0.15) is 0 Å². The Kier molecular flexibility index (Phi) is 3.70. The van der Waals surface area contributed by atoms with Crippen LogP contribution in [0.25, 0.3) is 6.08 Å². The minimum Gasteiger partial charge on any atom is -0.504 e. The molecule has 118 valence electrons. The molecule has 2 aromatic rings. The summed E-state index contributed by atoms with van der Waals surface area (Å²) in [4.78, 5) is 12.5. The van der Waals surface area contributed by atoms with Crippen LogP contribution in [0.2, 0.25) is 0 Å². The Balaban J connectivity index is 2.03. The van der Waals surface area contributed by atoms with Crippen molar-refractivity contribution < 1.29 is 24.5 Å². The first kappa shape index (κ1) is 15.0. The molecule has 1 aliphatic rings. The lowest BCUT2D eigenvalue weighted by Gasteiger charge is -2.10. The first-order chi connectivity index (χ1) is 11.0. The summed E-state index contributed by atoms with van der Waals surface area (Å²) in [6, 6.07) is 7.88. The van der Waals surface area contributed by atoms with E-state index in [-0.39, 0.29) is 17.3 Å². The Morgan fingerprint density at radius 3 is 2.48 bits per heavy atom. The molecule has 0 aliphatic heterocycles. The molecule has 0 atom stereocenters. The molecule has 0 fully saturated rings. The van der Waals surface area contributed by atoms with E-state index in [1.807, 2.05) is 0 Å². The van der Waals surface area contributed by atoms with Gasteiger partial charge in [0.15, 0.2) is 28.8 Å². The van der Waals surface area contributed by atoms with E-state index < -0.39 is 0 Å². The summed E-state index contributed by atoms with van der Waals surface area (Å²) in [6.07, 6.45) is 2.13. The van der Waals surface area contributed by atoms with Crippen LogP contribution >= 0.6 is 0 Å². The van der Waals surface area contributed by atoms with Gasteiger partial charge in [-0.15, -0.1) is 0 Å². The maximum absolute atomic E-state index is 12.5. The fourth-order valence-electron chi connectivity index (χ4n) is 2.77. The van der Waals surface area contributed by atoms with Gasteiger partial charge in [0.2, 0.25) is 0 Å². The van der Waals surface area contributed by atoms with Crippen LogP contribution in [-0.2, 0) is 6.42 Å². The van der Waals surface area contributed by atoms with Gasteiger partial charge in [-0.25, -0.2) is 0 Å². The van der Waals surface area contributed by atoms with E-state index in [1.165, 1.54) is 12.1 Å². The number of ketones is 1. The van der Waals surface area contributed by atoms with E-state index in [4.69, 9.17) is 9.47 Å². The van der Waals surface area contributed by atoms with Crippen molar-refractivity contribution in [2.45, 2.75) is 6.42 Å². The zero-order valence-corrected chi connectivity index (χ0v) is 12.8. The highest BCUT2D eigenvalue weighted by molar-refractivity contribution is 6.16. The molecule has 5 nitrogen and oxygen atoms in total. The summed E-state index contributed by atoms with van der Waals surface area (Å²) >= 11 is 0. The van der Waals surface area contributed by atoms with Gasteiger partial charge in [-0.05, 0) is 35.9 Å². The summed E-state index contributed by atoms with van der Waals surface area (Å²) < 4.78 is 10.6. The molecule has 0 amide bonds. The molecular formula is C18H16O5. The van der Waals surface area contributed by atoms with E-state index >= 15 is 0 Å². The van der Waals surface area contributed by atoms with Crippen LogP contribution in [0.5, 0.6) is 23.0 Å². The maximum Gasteiger partial charge on any atom is 0.189 e. The van der Waals surface area contributed by atoms with Crippen LogP contribution in [-0.4, -0.2) is 30.2 Å². The van der Waals surface area contributed by atoms with E-state index in [2.05, 4.69) is 0 Å². The second kappa shape index (κ2) is 5.68. The molecule has 2 aromatic carbocycles. The third kappa shape index (κ3) is 2.50. The van der Waals surface area contributed by atoms with Crippen LogP contribution in [0.3, 0.4) is 0 Å². The molecule has 0 spiro atoms. The van der Waals surface area contributed by atoms with Gasteiger partial charge in [-0.1, -0.05) is 6.07 Å². The molecule has 0 saturated carbocycles. The minimum absolute atomic E-state index is 0.0754. The van der Waals surface area contributed by atoms with Crippen molar-refractivity contribution in [3.63, 3.8) is 0 Å². The van der Waals surface area contributed by atoms with Gasteiger partial charge in [0.05, 0.1) is 14.2 Å². The number of methoxy groups -OCH3 is 2. The summed E-state index contributed by atoms with van der Waals surface area (Å²) in [5.41, 5.74) is 2.63. The van der Waals surface area contributed by atoms with Crippen molar-refractivity contribution in [1.29, 1.82) is 0 Å². The van der Waals surface area contributed by atoms with Crippen molar-refractivity contribution in [3.05, 3.63) is 52.6 Å². The fraction of sp³-hybridized carbons (Fsp3) is 0.167. The van der Waals surface area contributed by atoms with Crippen molar-refractivity contribution in [1.82, 2.24) is 0 Å². The summed E-state index contributed by atoms with van der Waals surface area (Å²) in [6.45, 7) is 0. The molecule has 0 bridgehead atoms. The van der Waals surface area contributed by atoms with E-state index in [0.717, 1.165) is 5.56 Å². The van der Waals surface area contributed by atoms with Crippen LogP contribution in [0.4, 0.5) is 0 Å². The smallest absolute Gasteiger partial charge is 0.189 e. The van der Waals surface area contributed by atoms with Crippen molar-refractivity contribution in [3.8, 4) is 23.0 Å². The quantitative estimate of drug-likeness (QED) is 0.673. The number of hydrogen-bond donors (Lipinski definition) is 2. The number of hydrogen-bond acceptors (Lipinski definition) is 5. The monoisotopic (exact) mass is 312 g/mol. The van der Waals surface area contributed by atoms with Gasteiger partial charge in [0.25, 0.3) is 0 Å². The second-order valence-corrected chi connectivity index (χ2v) is 5.25. The first-order valence-corrected chi connectivity index (χ1v) is 7.06. The van der Waals surface area contributed by atoms with Crippen molar-refractivity contribution >= 4 is 11.9 Å². The van der Waals surface area contributed by atoms with Gasteiger partial charge in [0.1, 0.15) is 0 Å². The number of Topliss-reactive ketones (excluding diaryl/α,β-unsaturated/α-hetero) is 1. The molecule has 3 rings (SSSR count). The van der Waals surface area contributed by atoms with E-state index in [0.29, 0.717) is 34.6 Å². The number of rotatable bonds is 3. The number of fused-ring (bicyclic) bond motifs is 1. The lowest BCUT2D eigenvalue weighted by molar-refractivity contribution is 0.104. The van der Waals surface area contributed by atoms with Gasteiger partial charge in [0, 0.05) is 23.1 Å². The lowest BCUT2D eigenvalue weighted by atomic mass is 10.1. The zero-order chi connectivity index (χ0) is 16.6. The molecule has 5 heteroatoms. The largest absolute Gasteiger partial charge is 0.504 e. The molecule has 23 heavy (non-hydrogen) atoms. The number of phenolic OH excluding ortho intramolecular Hbond substituents is 2. The fourth-order valence-corrected chi connectivity index (χ4v) is 2.77. The number of aromatic hydroxyl groups is 2. The van der Waals surface area contributed by atoms with Crippen molar-refractivity contribution in [2.24, 2.45) is 0 Å². The summed E-state index contributed by atoms with van der Waals surface area (Å²) in [5.74, 6) is 0.660. The maximum atomic E-state index is 12.5. The Hall–Kier alpha value is -2.95. The predicted octanol–water partition coefficient (Wildman–Crippen LogP) is 2.94. The van der Waals surface area contributed by atoms with Crippen LogP contribution in [0, 0.1) is 0 Å². The van der Waals surface area contributed by atoms with Crippen LogP contribution in [0.1, 0.15) is 21.5 Å². The number of phenols is 2. The average Bonchev–Trinajstić information content (AvgIpc) is 2.86. The molecule has 1 aliphatic carbocycles. The number of carbonyl (C=O) groups is 1. The molecular weight excluding hydrogens is 296 g/mol. The second-order valence-electron chi connectivity index (χ2n) is 5.25. The highest BCUT2D eigenvalue weighted by Crippen LogP contribution is 2.40. The number of benzene rings is 2. The van der Waals surface area contributed by atoms with Gasteiger partial charge >= 0.3 is 0 Å². The SMILES string of the molecule is COc1ccc2c(c1OC)C/C(=C\c1ccc(O)c(O)c1)C2=O. The summed E-state index contributed by atoms with van der Waals surface area (Å²) in [5, 5.41) is 18.9. The predicted molar refractivity (Wildman–Crippen MR) is 85.3 cm³/mol. The van der Waals surface area contributed by atoms with Crippen LogP contribution < -0.4 is 9.47 Å². The highest BCUT2D eigenvalue weighted by Gasteiger charge is 2.29. The number of allylic oxidation sites excluding steroid dienone is 1. The summed E-state index contributed by atoms with van der Waals surface area (Å²) in [7, 11) is 3.10. The Labute approximate surface area is 133 Å². The molecule has 2 N–H and O–H groups in total. The highest BCUT2D eigenvalue weighted by atomic mass is 16.5. The molecule has 0 saturated heterocycles. The standard InChI is InChI=1S/C18H16O5/c1-22-16-6-4-12-13(18(16)23-2)9-11(17(12)21)7-10-3-5-14(19)15(20)8-10/h3-8,19-20H,9H2,1-2H3/b11-7+. The number of carbonyl (C=O) groups excluding carboxylic acids is 1. The van der Waals surface area contributed by atoms with Gasteiger partial charge in [-0.3, -0.25) is 4.79 Å². The average molecular weight is 312 g/mol. The molecule has 0 radical (unpaired) electrons. The topological polar surface area (TPSA) is 76.0 Å². The lowest BCUT2D eigenvalue weighted by Crippen LogP contribution is -1.97. The number of ether oxygens (including phenoxy) is 2. The first-order valence-electron chi connectivity index (χ1n) is 7.06.